The van der Waals surface area contributed by atoms with Crippen LogP contribution in [-0.2, 0) is 5.41 Å². The van der Waals surface area contributed by atoms with Crippen molar-refractivity contribution in [3.63, 3.8) is 0 Å². The van der Waals surface area contributed by atoms with Crippen molar-refractivity contribution < 1.29 is 14.4 Å². The molecular formula is C15H17NO3. The van der Waals surface area contributed by atoms with Crippen molar-refractivity contribution in [2.75, 3.05) is 0 Å². The molecule has 1 heterocycles. The molecule has 0 spiro atoms. The number of aromatic carboxylic acids is 1. The van der Waals surface area contributed by atoms with E-state index in [2.05, 4.69) is 5.16 Å². The summed E-state index contributed by atoms with van der Waals surface area (Å²) in [7, 11) is 0. The first-order valence-corrected chi connectivity index (χ1v) is 6.11. The summed E-state index contributed by atoms with van der Waals surface area (Å²) in [6.45, 7) is 7.68. The van der Waals surface area contributed by atoms with Gasteiger partial charge in [0.15, 0.2) is 5.76 Å². The van der Waals surface area contributed by atoms with Crippen molar-refractivity contribution >= 4 is 5.97 Å². The monoisotopic (exact) mass is 259 g/mol. The summed E-state index contributed by atoms with van der Waals surface area (Å²) in [5, 5.41) is 13.4. The molecule has 0 aliphatic carbocycles. The lowest BCUT2D eigenvalue weighted by molar-refractivity contribution is 0.0693. The maximum Gasteiger partial charge on any atom is 0.341 e. The lowest BCUT2D eigenvalue weighted by atomic mass is 9.89. The third-order valence-electron chi connectivity index (χ3n) is 2.91. The van der Waals surface area contributed by atoms with Gasteiger partial charge >= 0.3 is 5.97 Å². The molecule has 4 nitrogen and oxygen atoms in total. The van der Waals surface area contributed by atoms with Crippen LogP contribution in [0.1, 0.15) is 42.5 Å². The first-order valence-electron chi connectivity index (χ1n) is 6.11. The number of benzene rings is 1. The van der Waals surface area contributed by atoms with E-state index in [1.54, 1.807) is 0 Å². The minimum Gasteiger partial charge on any atom is -0.477 e. The number of aromatic nitrogens is 1. The van der Waals surface area contributed by atoms with Crippen molar-refractivity contribution in [1.29, 1.82) is 0 Å². The summed E-state index contributed by atoms with van der Waals surface area (Å²) >= 11 is 0. The molecule has 100 valence electrons. The highest BCUT2D eigenvalue weighted by atomic mass is 16.5. The fourth-order valence-corrected chi connectivity index (χ4v) is 1.91. The Labute approximate surface area is 112 Å². The molecular weight excluding hydrogens is 242 g/mol. The number of hydrogen-bond acceptors (Lipinski definition) is 3. The number of carboxylic acid groups (broad SMARTS) is 1. The molecule has 1 aromatic carbocycles. The molecule has 0 saturated carbocycles. The van der Waals surface area contributed by atoms with Gasteiger partial charge in [0.25, 0.3) is 0 Å². The molecule has 1 aromatic heterocycles. The van der Waals surface area contributed by atoms with Crippen LogP contribution in [0, 0.1) is 6.92 Å². The van der Waals surface area contributed by atoms with Crippen LogP contribution in [-0.4, -0.2) is 16.2 Å². The molecule has 0 bridgehead atoms. The highest BCUT2D eigenvalue weighted by Gasteiger charge is 2.31. The van der Waals surface area contributed by atoms with Crippen LogP contribution >= 0.6 is 0 Å². The summed E-state index contributed by atoms with van der Waals surface area (Å²) in [6, 6.07) is 7.55. The lowest BCUT2D eigenvalue weighted by Gasteiger charge is -2.14. The van der Waals surface area contributed by atoms with E-state index >= 15 is 0 Å². The maximum atomic E-state index is 11.5. The summed E-state index contributed by atoms with van der Waals surface area (Å²) in [5.41, 5.74) is 2.00. The van der Waals surface area contributed by atoms with Crippen LogP contribution in [0.3, 0.4) is 0 Å². The third-order valence-corrected chi connectivity index (χ3v) is 2.91. The predicted molar refractivity (Wildman–Crippen MR) is 72.3 cm³/mol. The average molecular weight is 259 g/mol. The number of carbonyl (C=O) groups is 1. The first-order chi connectivity index (χ1) is 8.80. The zero-order chi connectivity index (χ0) is 14.2. The van der Waals surface area contributed by atoms with E-state index in [1.807, 2.05) is 52.0 Å². The number of rotatable bonds is 2. The maximum absolute atomic E-state index is 11.5. The second-order valence-corrected chi connectivity index (χ2v) is 5.66. The van der Waals surface area contributed by atoms with Crippen LogP contribution < -0.4 is 0 Å². The second-order valence-electron chi connectivity index (χ2n) is 5.66. The highest BCUT2D eigenvalue weighted by molar-refractivity contribution is 5.96. The van der Waals surface area contributed by atoms with Crippen LogP contribution in [0.5, 0.6) is 0 Å². The fourth-order valence-electron chi connectivity index (χ4n) is 1.91. The van der Waals surface area contributed by atoms with E-state index in [-0.39, 0.29) is 5.56 Å². The van der Waals surface area contributed by atoms with Gasteiger partial charge in [-0.15, -0.1) is 0 Å². The van der Waals surface area contributed by atoms with Crippen molar-refractivity contribution in [2.45, 2.75) is 33.1 Å². The van der Waals surface area contributed by atoms with Gasteiger partial charge < -0.3 is 9.63 Å². The quantitative estimate of drug-likeness (QED) is 0.894. The Morgan fingerprint density at radius 1 is 1.21 bits per heavy atom. The van der Waals surface area contributed by atoms with Gasteiger partial charge in [0, 0.05) is 11.0 Å². The fraction of sp³-hybridized carbons (Fsp3) is 0.333. The van der Waals surface area contributed by atoms with Gasteiger partial charge in [0.05, 0.1) is 0 Å². The number of aryl methyl sites for hydroxylation is 1. The highest BCUT2D eigenvalue weighted by Crippen LogP contribution is 2.33. The predicted octanol–water partition coefficient (Wildman–Crippen LogP) is 3.65. The summed E-state index contributed by atoms with van der Waals surface area (Å²) in [4.78, 5) is 11.5. The van der Waals surface area contributed by atoms with E-state index < -0.39 is 11.4 Å². The standard InChI is InChI=1S/C15H17NO3/c1-9-5-7-10(8-6-9)12-11(14(17)18)13(19-16-12)15(2,3)4/h5-8H,1-4H3,(H,17,18). The van der Waals surface area contributed by atoms with Crippen molar-refractivity contribution in [1.82, 2.24) is 5.16 Å². The molecule has 0 atom stereocenters. The Morgan fingerprint density at radius 2 is 1.79 bits per heavy atom. The molecule has 0 radical (unpaired) electrons. The normalized spacial score (nSPS) is 11.6. The van der Waals surface area contributed by atoms with Crippen molar-refractivity contribution in [2.24, 2.45) is 0 Å². The molecule has 0 amide bonds. The topological polar surface area (TPSA) is 63.3 Å². The summed E-state index contributed by atoms with van der Waals surface area (Å²) in [5.74, 6) is -0.614. The molecule has 1 N–H and O–H groups in total. The van der Waals surface area contributed by atoms with Crippen molar-refractivity contribution in [3.05, 3.63) is 41.2 Å². The van der Waals surface area contributed by atoms with E-state index in [1.165, 1.54) is 0 Å². The molecule has 19 heavy (non-hydrogen) atoms. The number of hydrogen-bond donors (Lipinski definition) is 1. The minimum atomic E-state index is -1.01. The SMILES string of the molecule is Cc1ccc(-c2noc(C(C)(C)C)c2C(=O)O)cc1. The van der Waals surface area contributed by atoms with E-state index in [9.17, 15) is 9.90 Å². The average Bonchev–Trinajstić information content (AvgIpc) is 2.74. The van der Waals surface area contributed by atoms with Gasteiger partial charge in [0.1, 0.15) is 11.3 Å². The Balaban J connectivity index is 2.62. The second kappa shape index (κ2) is 4.53. The third kappa shape index (κ3) is 2.52. The minimum absolute atomic E-state index is 0.149. The van der Waals surface area contributed by atoms with Gasteiger partial charge in [-0.25, -0.2) is 4.79 Å². The number of nitrogens with zero attached hydrogens (tertiary/aromatic N) is 1. The van der Waals surface area contributed by atoms with E-state index in [0.717, 1.165) is 11.1 Å². The molecule has 0 aliphatic heterocycles. The van der Waals surface area contributed by atoms with Crippen LogP contribution in [0.25, 0.3) is 11.3 Å². The van der Waals surface area contributed by atoms with Gasteiger partial charge in [-0.2, -0.15) is 0 Å². The zero-order valence-electron chi connectivity index (χ0n) is 11.5. The van der Waals surface area contributed by atoms with Crippen molar-refractivity contribution in [3.8, 4) is 11.3 Å². The van der Waals surface area contributed by atoms with Crippen LogP contribution in [0.2, 0.25) is 0 Å². The first kappa shape index (κ1) is 13.3. The van der Waals surface area contributed by atoms with E-state index in [4.69, 9.17) is 4.52 Å². The molecule has 0 saturated heterocycles. The smallest absolute Gasteiger partial charge is 0.341 e. The Hall–Kier alpha value is -2.10. The van der Waals surface area contributed by atoms with Crippen LogP contribution in [0.4, 0.5) is 0 Å². The molecule has 2 rings (SSSR count). The van der Waals surface area contributed by atoms with Gasteiger partial charge in [-0.3, -0.25) is 0 Å². The zero-order valence-corrected chi connectivity index (χ0v) is 11.5. The van der Waals surface area contributed by atoms with Crippen LogP contribution in [0.15, 0.2) is 28.8 Å². The Kier molecular flexibility index (Phi) is 3.18. The van der Waals surface area contributed by atoms with Gasteiger partial charge in [-0.05, 0) is 6.92 Å². The largest absolute Gasteiger partial charge is 0.477 e. The molecule has 0 aliphatic rings. The lowest BCUT2D eigenvalue weighted by Crippen LogP contribution is -2.15. The van der Waals surface area contributed by atoms with E-state index in [0.29, 0.717) is 11.5 Å². The summed E-state index contributed by atoms with van der Waals surface area (Å²) < 4.78 is 5.28. The van der Waals surface area contributed by atoms with Gasteiger partial charge in [0.2, 0.25) is 0 Å². The molecule has 2 aromatic rings. The Bertz CT molecular complexity index is 603. The number of carboxylic acids is 1. The molecule has 0 unspecified atom stereocenters. The van der Waals surface area contributed by atoms with Gasteiger partial charge in [-0.1, -0.05) is 55.8 Å². The molecule has 4 heteroatoms. The molecule has 0 fully saturated rings. The Morgan fingerprint density at radius 3 is 2.26 bits per heavy atom. The summed E-state index contributed by atoms with van der Waals surface area (Å²) in [6.07, 6.45) is 0.